The van der Waals surface area contributed by atoms with Gasteiger partial charge in [-0.25, -0.2) is 4.79 Å². The number of piperidine rings is 1. The van der Waals surface area contributed by atoms with Gasteiger partial charge in [0.1, 0.15) is 5.60 Å². The molecule has 0 aromatic heterocycles. The number of ether oxygens (including phenoxy) is 1. The van der Waals surface area contributed by atoms with Crippen LogP contribution in [0.3, 0.4) is 0 Å². The van der Waals surface area contributed by atoms with Crippen molar-refractivity contribution in [2.45, 2.75) is 104 Å². The third-order valence-electron chi connectivity index (χ3n) is 6.69. The molecular weight excluding hydrogens is 419 g/mol. The Morgan fingerprint density at radius 3 is 2.33 bits per heavy atom. The molecule has 0 aliphatic carbocycles. The highest BCUT2D eigenvalue weighted by Gasteiger charge is 2.51. The summed E-state index contributed by atoms with van der Waals surface area (Å²) in [5, 5.41) is 2.79. The summed E-state index contributed by atoms with van der Waals surface area (Å²) < 4.78 is 17.8. The fraction of sp³-hybridized carbons (Fsp3) is 0.680. The molecule has 1 aromatic carbocycles. The molecule has 0 bridgehead atoms. The molecule has 2 aliphatic heterocycles. The number of rotatable bonds is 4. The van der Waals surface area contributed by atoms with Gasteiger partial charge in [-0.2, -0.15) is 0 Å². The monoisotopic (exact) mass is 458 g/mol. The van der Waals surface area contributed by atoms with Crippen molar-refractivity contribution in [3.63, 3.8) is 0 Å². The van der Waals surface area contributed by atoms with Crippen molar-refractivity contribution < 1.29 is 23.6 Å². The van der Waals surface area contributed by atoms with Crippen molar-refractivity contribution in [1.82, 2.24) is 10.2 Å². The van der Waals surface area contributed by atoms with Crippen molar-refractivity contribution in [2.24, 2.45) is 0 Å². The number of nitrogens with one attached hydrogen (secondary N) is 1. The molecule has 1 unspecified atom stereocenters. The summed E-state index contributed by atoms with van der Waals surface area (Å²) in [6.45, 7) is 16.6. The molecule has 2 amide bonds. The molecular formula is C25H39BN2O5. The van der Waals surface area contributed by atoms with E-state index >= 15 is 0 Å². The first-order valence-electron chi connectivity index (χ1n) is 12.0. The summed E-state index contributed by atoms with van der Waals surface area (Å²) in [6.07, 6.45) is 2.67. The van der Waals surface area contributed by atoms with Gasteiger partial charge in [0.25, 0.3) is 5.91 Å². The minimum absolute atomic E-state index is 0.000847. The first-order chi connectivity index (χ1) is 15.2. The third-order valence-corrected chi connectivity index (χ3v) is 6.69. The first kappa shape index (κ1) is 25.6. The Labute approximate surface area is 198 Å². The first-order valence-corrected chi connectivity index (χ1v) is 12.0. The quantitative estimate of drug-likeness (QED) is 0.690. The molecule has 7 nitrogen and oxygen atoms in total. The molecule has 2 aliphatic rings. The number of likely N-dealkylation sites (tertiary alicyclic amines) is 1. The molecule has 1 aromatic rings. The van der Waals surface area contributed by atoms with Gasteiger partial charge in [0.15, 0.2) is 0 Å². The minimum atomic E-state index is -0.596. The second kappa shape index (κ2) is 9.30. The van der Waals surface area contributed by atoms with Crippen LogP contribution in [0.1, 0.15) is 90.6 Å². The van der Waals surface area contributed by atoms with Gasteiger partial charge >= 0.3 is 13.2 Å². The average Bonchev–Trinajstić information content (AvgIpc) is 2.92. The second-order valence-electron chi connectivity index (χ2n) is 11.3. The Balaban J connectivity index is 1.89. The van der Waals surface area contributed by atoms with Gasteiger partial charge < -0.3 is 24.3 Å². The van der Waals surface area contributed by atoms with Crippen molar-refractivity contribution in [2.75, 3.05) is 6.54 Å². The SMILES string of the molecule is CC1CCCCN1C(=O)c1cc(CNC(=O)OC(C)(C)C)cc(B2OC(C)(C)C(C)(C)O2)c1. The number of carbonyl (C=O) groups is 2. The van der Waals surface area contributed by atoms with Crippen LogP contribution in [-0.4, -0.2) is 53.4 Å². The Kier molecular flexibility index (Phi) is 7.20. The van der Waals surface area contributed by atoms with Gasteiger partial charge in [0.2, 0.25) is 0 Å². The Morgan fingerprint density at radius 2 is 1.76 bits per heavy atom. The summed E-state index contributed by atoms with van der Waals surface area (Å²) in [6, 6.07) is 5.84. The zero-order valence-electron chi connectivity index (χ0n) is 21.4. The number of benzene rings is 1. The van der Waals surface area contributed by atoms with E-state index in [4.69, 9.17) is 14.0 Å². The molecule has 0 radical (unpaired) electrons. The van der Waals surface area contributed by atoms with E-state index in [1.165, 1.54) is 0 Å². The van der Waals surface area contributed by atoms with Crippen LogP contribution in [0.5, 0.6) is 0 Å². The minimum Gasteiger partial charge on any atom is -0.444 e. The molecule has 33 heavy (non-hydrogen) atoms. The molecule has 8 heteroatoms. The molecule has 2 heterocycles. The summed E-state index contributed by atoms with van der Waals surface area (Å²) in [7, 11) is -0.596. The van der Waals surface area contributed by atoms with Crippen LogP contribution in [0.25, 0.3) is 0 Å². The Bertz CT molecular complexity index is 877. The lowest BCUT2D eigenvalue weighted by Crippen LogP contribution is -2.43. The van der Waals surface area contributed by atoms with Crippen molar-refractivity contribution in [3.8, 4) is 0 Å². The zero-order chi connectivity index (χ0) is 24.6. The third kappa shape index (κ3) is 6.09. The van der Waals surface area contributed by atoms with Crippen molar-refractivity contribution >= 4 is 24.6 Å². The maximum Gasteiger partial charge on any atom is 0.494 e. The Hall–Kier alpha value is -2.06. The maximum atomic E-state index is 13.4. The van der Waals surface area contributed by atoms with E-state index in [9.17, 15) is 9.59 Å². The molecule has 1 atom stereocenters. The molecule has 2 saturated heterocycles. The van der Waals surface area contributed by atoms with Gasteiger partial charge in [-0.1, -0.05) is 6.07 Å². The predicted octanol–water partition coefficient (Wildman–Crippen LogP) is 4.03. The molecule has 0 spiro atoms. The average molecular weight is 458 g/mol. The van der Waals surface area contributed by atoms with Crippen LogP contribution in [0, 0.1) is 0 Å². The van der Waals surface area contributed by atoms with E-state index < -0.39 is 30.0 Å². The molecule has 1 N–H and O–H groups in total. The predicted molar refractivity (Wildman–Crippen MR) is 130 cm³/mol. The summed E-state index contributed by atoms with van der Waals surface area (Å²) >= 11 is 0. The van der Waals surface area contributed by atoms with Crippen LogP contribution in [0.4, 0.5) is 4.79 Å². The smallest absolute Gasteiger partial charge is 0.444 e. The van der Waals surface area contributed by atoms with Crippen LogP contribution in [0.2, 0.25) is 0 Å². The number of hydrogen-bond acceptors (Lipinski definition) is 5. The van der Waals surface area contributed by atoms with Gasteiger partial charge in [0.05, 0.1) is 11.2 Å². The fourth-order valence-corrected chi connectivity index (χ4v) is 4.11. The number of hydrogen-bond donors (Lipinski definition) is 1. The van der Waals surface area contributed by atoms with Crippen molar-refractivity contribution in [1.29, 1.82) is 0 Å². The molecule has 0 saturated carbocycles. The molecule has 182 valence electrons. The van der Waals surface area contributed by atoms with E-state index in [0.717, 1.165) is 36.8 Å². The summed E-state index contributed by atoms with van der Waals surface area (Å²) in [5.74, 6) is -0.000847. The standard InChI is InChI=1S/C25H39BN2O5/c1-17-11-9-10-12-28(17)21(29)19-13-18(16-27-22(30)31-23(2,3)4)14-20(15-19)26-32-24(5,6)25(7,8)33-26/h13-15,17H,9-12,16H2,1-8H3,(H,27,30). The zero-order valence-corrected chi connectivity index (χ0v) is 21.4. The van der Waals surface area contributed by atoms with Gasteiger partial charge in [0, 0.05) is 24.7 Å². The van der Waals surface area contributed by atoms with E-state index in [0.29, 0.717) is 5.56 Å². The summed E-state index contributed by atoms with van der Waals surface area (Å²) in [5.41, 5.74) is 0.575. The second-order valence-corrected chi connectivity index (χ2v) is 11.3. The maximum absolute atomic E-state index is 13.4. The van der Waals surface area contributed by atoms with Crippen LogP contribution >= 0.6 is 0 Å². The highest BCUT2D eigenvalue weighted by Crippen LogP contribution is 2.36. The molecule has 3 rings (SSSR count). The van der Waals surface area contributed by atoms with E-state index in [1.807, 2.05) is 71.6 Å². The lowest BCUT2D eigenvalue weighted by Gasteiger charge is -2.33. The van der Waals surface area contributed by atoms with Gasteiger partial charge in [-0.05, 0) is 97.8 Å². The van der Waals surface area contributed by atoms with Gasteiger partial charge in [-0.15, -0.1) is 0 Å². The van der Waals surface area contributed by atoms with Crippen molar-refractivity contribution in [3.05, 3.63) is 29.3 Å². The number of carbonyl (C=O) groups excluding carboxylic acids is 2. The molecule has 2 fully saturated rings. The number of alkyl carbamates (subject to hydrolysis) is 1. The lowest BCUT2D eigenvalue weighted by molar-refractivity contribution is 0.00578. The topological polar surface area (TPSA) is 77.1 Å². The normalized spacial score (nSPS) is 22.2. The highest BCUT2D eigenvalue weighted by atomic mass is 16.7. The van der Waals surface area contributed by atoms with Crippen LogP contribution < -0.4 is 10.8 Å². The Morgan fingerprint density at radius 1 is 1.12 bits per heavy atom. The largest absolute Gasteiger partial charge is 0.494 e. The van der Waals surface area contributed by atoms with Crippen LogP contribution in [0.15, 0.2) is 18.2 Å². The van der Waals surface area contributed by atoms with E-state index in [1.54, 1.807) is 0 Å². The highest BCUT2D eigenvalue weighted by molar-refractivity contribution is 6.62. The van der Waals surface area contributed by atoms with Gasteiger partial charge in [-0.3, -0.25) is 4.79 Å². The fourth-order valence-electron chi connectivity index (χ4n) is 4.11. The van der Waals surface area contributed by atoms with E-state index in [-0.39, 0.29) is 18.5 Å². The van der Waals surface area contributed by atoms with Crippen LogP contribution in [-0.2, 0) is 20.6 Å². The number of amides is 2. The lowest BCUT2D eigenvalue weighted by atomic mass is 9.77. The summed E-state index contributed by atoms with van der Waals surface area (Å²) in [4.78, 5) is 27.6. The number of nitrogens with zero attached hydrogens (tertiary/aromatic N) is 1. The van der Waals surface area contributed by atoms with E-state index in [2.05, 4.69) is 12.2 Å².